The number of nitrogens with zero attached hydrogens (tertiary/aromatic N) is 1. The number of rotatable bonds is 5. The van der Waals surface area contributed by atoms with E-state index in [4.69, 9.17) is 9.47 Å². The molecule has 1 amide bonds. The molecule has 0 bridgehead atoms. The summed E-state index contributed by atoms with van der Waals surface area (Å²) in [5, 5.41) is 0. The fourth-order valence-electron chi connectivity index (χ4n) is 2.92. The third kappa shape index (κ3) is 3.60. The molecule has 1 aliphatic rings. The normalized spacial score (nSPS) is 16.8. The molecule has 24 heavy (non-hydrogen) atoms. The average molecular weight is 325 g/mol. The van der Waals surface area contributed by atoms with E-state index in [-0.39, 0.29) is 12.0 Å². The van der Waals surface area contributed by atoms with Crippen molar-refractivity contribution in [3.63, 3.8) is 0 Å². The van der Waals surface area contributed by atoms with Gasteiger partial charge in [-0.3, -0.25) is 4.79 Å². The molecule has 2 aromatic carbocycles. The number of amides is 1. The van der Waals surface area contributed by atoms with Gasteiger partial charge in [-0.1, -0.05) is 18.2 Å². The van der Waals surface area contributed by atoms with E-state index in [0.29, 0.717) is 18.7 Å². The lowest BCUT2D eigenvalue weighted by Gasteiger charge is -2.23. The van der Waals surface area contributed by atoms with E-state index in [1.54, 1.807) is 4.90 Å². The molecule has 2 aromatic rings. The Labute approximate surface area is 143 Å². The number of anilines is 1. The van der Waals surface area contributed by atoms with Crippen molar-refractivity contribution in [1.82, 2.24) is 0 Å². The minimum absolute atomic E-state index is 0.00236. The van der Waals surface area contributed by atoms with Gasteiger partial charge in [-0.15, -0.1) is 0 Å². The second-order valence-electron chi connectivity index (χ2n) is 5.96. The fraction of sp³-hybridized carbons (Fsp3) is 0.350. The maximum Gasteiger partial charge on any atom is 0.258 e. The number of ether oxygens (including phenoxy) is 2. The maximum atomic E-state index is 12.8. The number of para-hydroxylation sites is 1. The standard InChI is InChI=1S/C20H23NO3/c1-3-21(19-7-5-4-6-15(19)2)20(22)16-8-10-17(11-9-16)24-18-12-13-23-14-18/h4-11,18H,3,12-14H2,1-2H3/t18-/m1/s1. The van der Waals surface area contributed by atoms with Gasteiger partial charge in [0, 0.05) is 24.2 Å². The SMILES string of the molecule is CCN(C(=O)c1ccc(O[C@@H]2CCOC2)cc1)c1ccccc1C. The van der Waals surface area contributed by atoms with E-state index in [9.17, 15) is 4.79 Å². The Morgan fingerprint density at radius 3 is 2.58 bits per heavy atom. The highest BCUT2D eigenvalue weighted by Gasteiger charge is 2.19. The Morgan fingerprint density at radius 1 is 1.21 bits per heavy atom. The molecule has 1 fully saturated rings. The van der Waals surface area contributed by atoms with Gasteiger partial charge in [-0.25, -0.2) is 0 Å². The molecule has 0 aromatic heterocycles. The summed E-state index contributed by atoms with van der Waals surface area (Å²) in [4.78, 5) is 14.7. The lowest BCUT2D eigenvalue weighted by atomic mass is 10.1. The molecule has 1 aliphatic heterocycles. The molecule has 1 atom stereocenters. The van der Waals surface area contributed by atoms with E-state index < -0.39 is 0 Å². The van der Waals surface area contributed by atoms with Gasteiger partial charge in [0.1, 0.15) is 11.9 Å². The summed E-state index contributed by atoms with van der Waals surface area (Å²) in [6.07, 6.45) is 1.03. The fourth-order valence-corrected chi connectivity index (χ4v) is 2.92. The molecule has 1 saturated heterocycles. The Kier molecular flexibility index (Phi) is 5.16. The van der Waals surface area contributed by atoms with Crippen LogP contribution in [0, 0.1) is 6.92 Å². The third-order valence-corrected chi connectivity index (χ3v) is 4.26. The van der Waals surface area contributed by atoms with E-state index >= 15 is 0 Å². The van der Waals surface area contributed by atoms with Gasteiger partial charge in [0.2, 0.25) is 0 Å². The summed E-state index contributed by atoms with van der Waals surface area (Å²) < 4.78 is 11.2. The van der Waals surface area contributed by atoms with E-state index in [1.165, 1.54) is 0 Å². The highest BCUT2D eigenvalue weighted by molar-refractivity contribution is 6.06. The topological polar surface area (TPSA) is 38.8 Å². The zero-order valence-corrected chi connectivity index (χ0v) is 14.2. The van der Waals surface area contributed by atoms with E-state index in [2.05, 4.69) is 0 Å². The van der Waals surface area contributed by atoms with Gasteiger partial charge in [-0.2, -0.15) is 0 Å². The van der Waals surface area contributed by atoms with Crippen molar-refractivity contribution in [3.05, 3.63) is 59.7 Å². The Bertz CT molecular complexity index is 690. The van der Waals surface area contributed by atoms with Gasteiger partial charge >= 0.3 is 0 Å². The summed E-state index contributed by atoms with van der Waals surface area (Å²) in [5.74, 6) is 0.781. The lowest BCUT2D eigenvalue weighted by Crippen LogP contribution is -2.31. The van der Waals surface area contributed by atoms with Gasteiger partial charge in [-0.05, 0) is 49.7 Å². The molecule has 0 spiro atoms. The molecule has 0 unspecified atom stereocenters. The Hall–Kier alpha value is -2.33. The maximum absolute atomic E-state index is 12.8. The molecule has 0 N–H and O–H groups in total. The first-order valence-corrected chi connectivity index (χ1v) is 8.41. The van der Waals surface area contributed by atoms with Crippen molar-refractivity contribution >= 4 is 11.6 Å². The van der Waals surface area contributed by atoms with Crippen LogP contribution in [0.25, 0.3) is 0 Å². The molecule has 0 radical (unpaired) electrons. The summed E-state index contributed by atoms with van der Waals surface area (Å²) in [6, 6.07) is 15.3. The first kappa shape index (κ1) is 16.5. The van der Waals surface area contributed by atoms with Crippen LogP contribution in [0.2, 0.25) is 0 Å². The van der Waals surface area contributed by atoms with Crippen LogP contribution in [0.5, 0.6) is 5.75 Å². The van der Waals surface area contributed by atoms with Crippen LogP contribution in [0.4, 0.5) is 5.69 Å². The van der Waals surface area contributed by atoms with Gasteiger partial charge in [0.15, 0.2) is 0 Å². The molecule has 0 aliphatic carbocycles. The molecule has 4 heteroatoms. The molecule has 3 rings (SSSR count). The van der Waals surface area contributed by atoms with Crippen molar-refractivity contribution < 1.29 is 14.3 Å². The van der Waals surface area contributed by atoms with Crippen molar-refractivity contribution in [1.29, 1.82) is 0 Å². The van der Waals surface area contributed by atoms with Crippen LogP contribution in [-0.2, 0) is 4.74 Å². The number of carbonyl (C=O) groups excluding carboxylic acids is 1. The molecular weight excluding hydrogens is 302 g/mol. The zero-order chi connectivity index (χ0) is 16.9. The minimum atomic E-state index is 0.00236. The van der Waals surface area contributed by atoms with Crippen LogP contribution >= 0.6 is 0 Å². The van der Waals surface area contributed by atoms with E-state index in [0.717, 1.165) is 30.0 Å². The predicted molar refractivity (Wildman–Crippen MR) is 94.8 cm³/mol. The van der Waals surface area contributed by atoms with Crippen LogP contribution in [0.15, 0.2) is 48.5 Å². The largest absolute Gasteiger partial charge is 0.488 e. The molecule has 0 saturated carbocycles. The highest BCUT2D eigenvalue weighted by atomic mass is 16.5. The van der Waals surface area contributed by atoms with Crippen molar-refractivity contribution in [2.24, 2.45) is 0 Å². The van der Waals surface area contributed by atoms with Gasteiger partial charge in [0.25, 0.3) is 5.91 Å². The minimum Gasteiger partial charge on any atom is -0.488 e. The van der Waals surface area contributed by atoms with Gasteiger partial charge < -0.3 is 14.4 Å². The van der Waals surface area contributed by atoms with Crippen molar-refractivity contribution in [2.75, 3.05) is 24.7 Å². The van der Waals surface area contributed by atoms with Crippen LogP contribution in [0.3, 0.4) is 0 Å². The number of aryl methyl sites for hydroxylation is 1. The summed E-state index contributed by atoms with van der Waals surface area (Å²) >= 11 is 0. The predicted octanol–water partition coefficient (Wildman–Crippen LogP) is 3.83. The summed E-state index contributed by atoms with van der Waals surface area (Å²) in [6.45, 7) is 6.02. The second-order valence-corrected chi connectivity index (χ2v) is 5.96. The highest BCUT2D eigenvalue weighted by Crippen LogP contribution is 2.23. The van der Waals surface area contributed by atoms with E-state index in [1.807, 2.05) is 62.4 Å². The Morgan fingerprint density at radius 2 is 1.96 bits per heavy atom. The van der Waals surface area contributed by atoms with Crippen LogP contribution in [-0.4, -0.2) is 31.8 Å². The molecule has 126 valence electrons. The molecular formula is C20H23NO3. The van der Waals surface area contributed by atoms with Crippen LogP contribution in [0.1, 0.15) is 29.3 Å². The Balaban J connectivity index is 1.74. The number of carbonyl (C=O) groups is 1. The number of hydrogen-bond acceptors (Lipinski definition) is 3. The first-order chi connectivity index (χ1) is 11.7. The van der Waals surface area contributed by atoms with Crippen LogP contribution < -0.4 is 9.64 Å². The monoisotopic (exact) mass is 325 g/mol. The molecule has 1 heterocycles. The van der Waals surface area contributed by atoms with Crippen molar-refractivity contribution in [3.8, 4) is 5.75 Å². The number of benzene rings is 2. The summed E-state index contributed by atoms with van der Waals surface area (Å²) in [7, 11) is 0. The quantitative estimate of drug-likeness (QED) is 0.838. The zero-order valence-electron chi connectivity index (χ0n) is 14.2. The first-order valence-electron chi connectivity index (χ1n) is 8.41. The van der Waals surface area contributed by atoms with Gasteiger partial charge in [0.05, 0.1) is 13.2 Å². The average Bonchev–Trinajstić information content (AvgIpc) is 3.11. The smallest absolute Gasteiger partial charge is 0.258 e. The molecule has 4 nitrogen and oxygen atoms in total. The third-order valence-electron chi connectivity index (χ3n) is 4.26. The lowest BCUT2D eigenvalue weighted by molar-refractivity contribution is 0.0988. The second kappa shape index (κ2) is 7.49. The summed E-state index contributed by atoms with van der Waals surface area (Å²) in [5.41, 5.74) is 2.71. The number of hydrogen-bond donors (Lipinski definition) is 0. The van der Waals surface area contributed by atoms with Crippen molar-refractivity contribution in [2.45, 2.75) is 26.4 Å².